The van der Waals surface area contributed by atoms with Crippen LogP contribution in [0.1, 0.15) is 47.0 Å². The van der Waals surface area contributed by atoms with Crippen molar-refractivity contribution in [2.45, 2.75) is 88.9 Å². The molecule has 2 aliphatic heterocycles. The first kappa shape index (κ1) is 23.9. The van der Waals surface area contributed by atoms with Crippen LogP contribution in [0.3, 0.4) is 0 Å². The Morgan fingerprint density at radius 2 is 1.86 bits per heavy atom. The van der Waals surface area contributed by atoms with Crippen LogP contribution in [0.25, 0.3) is 0 Å². The van der Waals surface area contributed by atoms with Gasteiger partial charge in [0.2, 0.25) is 5.91 Å². The molecule has 0 unspecified atom stereocenters. The number of piperidine rings is 1. The lowest BCUT2D eigenvalue weighted by Gasteiger charge is -2.44. The number of aliphatic hydroxyl groups is 3. The zero-order valence-corrected chi connectivity index (χ0v) is 18.5. The van der Waals surface area contributed by atoms with E-state index in [0.29, 0.717) is 11.8 Å². The van der Waals surface area contributed by atoms with Gasteiger partial charge in [-0.15, -0.1) is 11.8 Å². The molecule has 28 heavy (non-hydrogen) atoms. The fourth-order valence-corrected chi connectivity index (χ4v) is 5.01. The lowest BCUT2D eigenvalue weighted by Crippen LogP contribution is -2.65. The minimum Gasteiger partial charge on any atom is -0.388 e. The second kappa shape index (κ2) is 10.6. The summed E-state index contributed by atoms with van der Waals surface area (Å²) in [5.41, 5.74) is -0.648. The molecule has 2 heterocycles. The first-order valence-electron chi connectivity index (χ1n) is 10.4. The van der Waals surface area contributed by atoms with Gasteiger partial charge in [0.05, 0.1) is 12.1 Å². The smallest absolute Gasteiger partial charge is 0.237 e. The van der Waals surface area contributed by atoms with E-state index in [1.165, 1.54) is 11.8 Å². The first-order chi connectivity index (χ1) is 13.1. The Morgan fingerprint density at radius 3 is 2.43 bits per heavy atom. The van der Waals surface area contributed by atoms with E-state index in [0.717, 1.165) is 25.8 Å². The van der Waals surface area contributed by atoms with E-state index in [9.17, 15) is 20.1 Å². The molecule has 2 aliphatic rings. The van der Waals surface area contributed by atoms with Gasteiger partial charge < -0.3 is 30.7 Å². The molecule has 0 aliphatic carbocycles. The number of carbonyl (C=O) groups excluding carboxylic acids is 1. The van der Waals surface area contributed by atoms with Crippen LogP contribution < -0.4 is 10.6 Å². The fourth-order valence-electron chi connectivity index (χ4n) is 4.33. The topological polar surface area (TPSA) is 111 Å². The summed E-state index contributed by atoms with van der Waals surface area (Å²) in [6.07, 6.45) is 0.257. The third-order valence-electron chi connectivity index (χ3n) is 5.85. The highest BCUT2D eigenvalue weighted by Crippen LogP contribution is 2.31. The molecule has 2 fully saturated rings. The molecular weight excluding hydrogens is 380 g/mol. The number of aliphatic hydroxyl groups excluding tert-OH is 3. The summed E-state index contributed by atoms with van der Waals surface area (Å²) in [5, 5.41) is 37.2. The van der Waals surface area contributed by atoms with Crippen molar-refractivity contribution in [1.29, 1.82) is 0 Å². The Bertz CT molecular complexity index is 505. The molecule has 0 radical (unpaired) electrons. The molecule has 164 valence electrons. The Kier molecular flexibility index (Phi) is 9.04. The third-order valence-corrected chi connectivity index (χ3v) is 6.71. The molecule has 0 aromatic heterocycles. The Labute approximate surface area is 173 Å². The van der Waals surface area contributed by atoms with E-state index >= 15 is 0 Å². The highest BCUT2D eigenvalue weighted by atomic mass is 32.2. The lowest BCUT2D eigenvalue weighted by atomic mass is 9.85. The van der Waals surface area contributed by atoms with Crippen LogP contribution in [-0.4, -0.2) is 76.0 Å². The molecule has 2 saturated heterocycles. The molecule has 8 atom stereocenters. The van der Waals surface area contributed by atoms with Crippen molar-refractivity contribution in [1.82, 2.24) is 10.6 Å². The Balaban J connectivity index is 2.06. The summed E-state index contributed by atoms with van der Waals surface area (Å²) >= 11 is 1.28. The Morgan fingerprint density at radius 1 is 1.18 bits per heavy atom. The van der Waals surface area contributed by atoms with Crippen molar-refractivity contribution in [3.8, 4) is 0 Å². The maximum Gasteiger partial charge on any atom is 0.237 e. The van der Waals surface area contributed by atoms with Gasteiger partial charge in [0.15, 0.2) is 0 Å². The molecule has 2 rings (SSSR count). The first-order valence-corrected chi connectivity index (χ1v) is 11.7. The van der Waals surface area contributed by atoms with Gasteiger partial charge in [-0.2, -0.15) is 0 Å². The number of rotatable bonds is 7. The van der Waals surface area contributed by atoms with E-state index in [-0.39, 0.29) is 17.9 Å². The van der Waals surface area contributed by atoms with E-state index in [1.54, 1.807) is 6.26 Å². The van der Waals surface area contributed by atoms with Gasteiger partial charge in [0.25, 0.3) is 0 Å². The van der Waals surface area contributed by atoms with Gasteiger partial charge in [0.1, 0.15) is 29.9 Å². The number of nitrogens with one attached hydrogen (secondary N) is 2. The summed E-state index contributed by atoms with van der Waals surface area (Å²) in [6, 6.07) is -0.724. The van der Waals surface area contributed by atoms with Crippen LogP contribution in [0.4, 0.5) is 0 Å². The molecule has 0 saturated carbocycles. The number of carbonyl (C=O) groups is 1. The van der Waals surface area contributed by atoms with Gasteiger partial charge in [-0.05, 0) is 49.8 Å². The van der Waals surface area contributed by atoms with Crippen molar-refractivity contribution in [2.24, 2.45) is 17.8 Å². The highest BCUT2D eigenvalue weighted by molar-refractivity contribution is 7.99. The monoisotopic (exact) mass is 418 g/mol. The van der Waals surface area contributed by atoms with Crippen molar-refractivity contribution < 1.29 is 24.9 Å². The summed E-state index contributed by atoms with van der Waals surface area (Å²) in [6.45, 7) is 9.12. The van der Waals surface area contributed by atoms with E-state index in [1.807, 2.05) is 13.8 Å². The average molecular weight is 419 g/mol. The second-order valence-electron chi connectivity index (χ2n) is 8.98. The molecule has 8 heteroatoms. The largest absolute Gasteiger partial charge is 0.388 e. The number of thioether (sulfide) groups is 1. The van der Waals surface area contributed by atoms with Gasteiger partial charge in [-0.3, -0.25) is 4.79 Å². The van der Waals surface area contributed by atoms with Gasteiger partial charge in [-0.1, -0.05) is 27.7 Å². The fraction of sp³-hybridized carbons (Fsp3) is 0.950. The molecule has 5 N–H and O–H groups in total. The predicted molar refractivity (Wildman–Crippen MR) is 111 cm³/mol. The van der Waals surface area contributed by atoms with Crippen LogP contribution in [0.5, 0.6) is 0 Å². The Hall–Kier alpha value is -0.380. The molecule has 0 bridgehead atoms. The van der Waals surface area contributed by atoms with Crippen LogP contribution in [0, 0.1) is 17.8 Å². The highest BCUT2D eigenvalue weighted by Gasteiger charge is 2.47. The number of amides is 1. The summed E-state index contributed by atoms with van der Waals surface area (Å²) in [5.74, 6) is 1.04. The number of ether oxygens (including phenoxy) is 1. The maximum absolute atomic E-state index is 13.0. The molecular formula is C20H38N2O5S. The predicted octanol–water partition coefficient (Wildman–Crippen LogP) is 0.712. The molecule has 7 nitrogen and oxygen atoms in total. The lowest BCUT2D eigenvalue weighted by molar-refractivity contribution is -0.208. The van der Waals surface area contributed by atoms with Crippen LogP contribution >= 0.6 is 11.8 Å². The van der Waals surface area contributed by atoms with Crippen LogP contribution in [-0.2, 0) is 9.53 Å². The summed E-state index contributed by atoms with van der Waals surface area (Å²) in [7, 11) is 0. The summed E-state index contributed by atoms with van der Waals surface area (Å²) < 4.78 is 5.88. The van der Waals surface area contributed by atoms with E-state index < -0.39 is 35.9 Å². The van der Waals surface area contributed by atoms with Crippen molar-refractivity contribution in [3.05, 3.63) is 0 Å². The van der Waals surface area contributed by atoms with Crippen molar-refractivity contribution in [3.63, 3.8) is 0 Å². The number of hydrogen-bond acceptors (Lipinski definition) is 7. The average Bonchev–Trinajstić information content (AvgIpc) is 2.64. The SMILES string of the molecule is CS[C@H]1O[C@H]([C@H](NC(=O)[C@@H]2C[C@H](CC(C)C)CCN2)C(C)C)[C@H](O)[C@H](O)[C@H]1O. The molecule has 0 aromatic carbocycles. The van der Waals surface area contributed by atoms with Crippen LogP contribution in [0.15, 0.2) is 0 Å². The zero-order valence-electron chi connectivity index (χ0n) is 17.7. The minimum atomic E-state index is -1.31. The quantitative estimate of drug-likeness (QED) is 0.414. The maximum atomic E-state index is 13.0. The minimum absolute atomic E-state index is 0.0106. The van der Waals surface area contributed by atoms with Gasteiger partial charge in [-0.25, -0.2) is 0 Å². The number of hydrogen-bond donors (Lipinski definition) is 5. The van der Waals surface area contributed by atoms with Crippen molar-refractivity contribution >= 4 is 17.7 Å². The van der Waals surface area contributed by atoms with E-state index in [2.05, 4.69) is 24.5 Å². The molecule has 0 spiro atoms. The third kappa shape index (κ3) is 5.83. The summed E-state index contributed by atoms with van der Waals surface area (Å²) in [4.78, 5) is 13.0. The van der Waals surface area contributed by atoms with E-state index in [4.69, 9.17) is 4.74 Å². The molecule has 1 amide bonds. The van der Waals surface area contributed by atoms with Gasteiger partial charge in [0, 0.05) is 0 Å². The van der Waals surface area contributed by atoms with Crippen molar-refractivity contribution in [2.75, 3.05) is 12.8 Å². The normalized spacial score (nSPS) is 37.9. The molecule has 0 aromatic rings. The zero-order chi connectivity index (χ0) is 21.0. The van der Waals surface area contributed by atoms with Crippen LogP contribution in [0.2, 0.25) is 0 Å². The van der Waals surface area contributed by atoms with Gasteiger partial charge >= 0.3 is 0 Å². The standard InChI is InChI=1S/C20H38N2O5S/c1-10(2)8-12-6-7-21-13(9-12)19(26)22-14(11(3)4)18-16(24)15(23)17(25)20(27-18)28-5/h10-18,20-21,23-25H,6-9H2,1-5H3,(H,22,26)/t12-,13-,14+,15-,16+,17+,18+,20+/m0/s1. The second-order valence-corrected chi connectivity index (χ2v) is 9.92.